The highest BCUT2D eigenvalue weighted by atomic mass is 16.8. The van der Waals surface area contributed by atoms with Gasteiger partial charge < -0.3 is 114 Å². The second kappa shape index (κ2) is 22.8. The molecule has 10 rings (SSSR count). The van der Waals surface area contributed by atoms with Crippen LogP contribution in [0, 0.1) is 50.2 Å². The van der Waals surface area contributed by atoms with Crippen LogP contribution in [0.2, 0.25) is 0 Å². The predicted molar refractivity (Wildman–Crippen MR) is 276 cm³/mol. The van der Waals surface area contributed by atoms with Crippen molar-refractivity contribution in [2.45, 2.75) is 261 Å². The van der Waals surface area contributed by atoms with E-state index >= 15 is 4.79 Å². The Hall–Kier alpha value is -1.67. The number of fused-ring (bicyclic) bond motifs is 7. The first-order valence-electron chi connectivity index (χ1n) is 29.4. The Labute approximate surface area is 472 Å². The molecular weight excluding hydrogens is 1070 g/mol. The Bertz CT molecular complexity index is 2250. The minimum Gasteiger partial charge on any atom is -0.432 e. The maximum absolute atomic E-state index is 15.4. The minimum atomic E-state index is -1.91. The van der Waals surface area contributed by atoms with E-state index in [0.29, 0.717) is 32.1 Å². The molecule has 5 heterocycles. The smallest absolute Gasteiger partial charge is 0.315 e. The van der Waals surface area contributed by atoms with Crippen LogP contribution >= 0.6 is 0 Å². The molecule has 0 radical (unpaired) electrons. The summed E-state index contributed by atoms with van der Waals surface area (Å²) in [5.41, 5.74) is -0.850. The van der Waals surface area contributed by atoms with Gasteiger partial charge >= 0.3 is 5.97 Å². The average Bonchev–Trinajstić information content (AvgIpc) is 1.36. The van der Waals surface area contributed by atoms with Crippen LogP contribution in [0.25, 0.3) is 0 Å². The SMILES string of the molecule is C[C@@H]1O[C@@H](O[C@H]2[C@H](OC(=O)[C@]34CCC(C)(C)CC3C3=CCC5[C@@]6(C)CC[C@H](O[C@@H]7O[C@H](CO)[C@@H](O)[C@H](O)[C@H]7O)C(C)(C)C6CC[C@@]5(C)[C@]3(C)CC4)OC[C@H](O)[C@@H]2O)[C@H](O)[C@H](O)[C@H]1O[C@@H]1OC[C@@H](O)[C@H](O[C@@H]2OC[C@@H](O)[C@H](O)[C@H]2O)[C@H]1O. The van der Waals surface area contributed by atoms with E-state index in [-0.39, 0.29) is 50.9 Å². The number of allylic oxidation sites excluding steroid dienone is 2. The number of carbonyl (C=O) groups excluding carboxylic acids is 1. The largest absolute Gasteiger partial charge is 0.432 e. The lowest BCUT2D eigenvalue weighted by atomic mass is 9.33. The first-order valence-corrected chi connectivity index (χ1v) is 29.4. The fourth-order valence-electron chi connectivity index (χ4n) is 17.1. The van der Waals surface area contributed by atoms with Gasteiger partial charge in [0.2, 0.25) is 6.29 Å². The van der Waals surface area contributed by atoms with Crippen LogP contribution in [-0.2, 0) is 52.2 Å². The van der Waals surface area contributed by atoms with E-state index in [4.69, 9.17) is 47.4 Å². The predicted octanol–water partition coefficient (Wildman–Crippen LogP) is -1.27. The molecule has 0 aromatic heterocycles. The van der Waals surface area contributed by atoms with Gasteiger partial charge in [0.25, 0.3) is 0 Å². The van der Waals surface area contributed by atoms with Crippen LogP contribution in [0.1, 0.15) is 120 Å². The normalized spacial score (nSPS) is 54.4. The molecule has 81 heavy (non-hydrogen) atoms. The van der Waals surface area contributed by atoms with Gasteiger partial charge in [-0.1, -0.05) is 60.1 Å². The zero-order valence-electron chi connectivity index (χ0n) is 47.8. The highest BCUT2D eigenvalue weighted by molar-refractivity contribution is 5.79. The molecule has 0 amide bonds. The molecule has 4 saturated carbocycles. The molecule has 5 aliphatic heterocycles. The van der Waals surface area contributed by atoms with E-state index in [9.17, 15) is 66.4 Å². The van der Waals surface area contributed by atoms with Gasteiger partial charge in [-0.3, -0.25) is 4.79 Å². The number of carbonyl (C=O) groups is 1. The standard InChI is InChI=1S/C57H92O24/c1-24-43(78-47-42(70)44(29(61)23-73-47)79-46-39(67)34(62)27(59)21-72-46)38(66)41(69)48(75-24)80-45-35(63)28(60)22-74-50(45)81-51(71)57-17-15-52(2,3)19-26(57)25-9-10-32-54(6)13-12-33(77-49-40(68)37(65)36(64)30(20-58)76-49)53(4,5)31(54)11-14-56(32,8)55(25,7)16-18-57/h9,24,26-50,58-70H,10-23H2,1-8H3/t24-,26?,27+,28-,29+,30+,31?,32?,33-,34-,35-,36+,37-,38-,39+,40+,41+,42+,43-,44-,45+,46-,47-,48-,49-,50-,54-,55+,56+,57-/m0/s1. The number of aliphatic hydroxyl groups is 13. The zero-order valence-corrected chi connectivity index (χ0v) is 47.8. The average molecular weight is 1160 g/mol. The zero-order chi connectivity index (χ0) is 58.8. The second-order valence-electron chi connectivity index (χ2n) is 27.7. The molecular formula is C57H92O24. The van der Waals surface area contributed by atoms with Gasteiger partial charge in [0.15, 0.2) is 31.3 Å². The Balaban J connectivity index is 0.831. The summed E-state index contributed by atoms with van der Waals surface area (Å²) >= 11 is 0. The van der Waals surface area contributed by atoms with Crippen LogP contribution in [0.4, 0.5) is 0 Å². The summed E-state index contributed by atoms with van der Waals surface area (Å²) in [6, 6.07) is 0. The summed E-state index contributed by atoms with van der Waals surface area (Å²) in [4.78, 5) is 15.4. The van der Waals surface area contributed by atoms with E-state index in [1.54, 1.807) is 0 Å². The Morgan fingerprint density at radius 3 is 1.83 bits per heavy atom. The van der Waals surface area contributed by atoms with Crippen LogP contribution in [0.5, 0.6) is 0 Å². The van der Waals surface area contributed by atoms with Gasteiger partial charge in [-0.25, -0.2) is 0 Å². The number of esters is 1. The summed E-state index contributed by atoms with van der Waals surface area (Å²) in [5, 5.41) is 140. The molecule has 9 fully saturated rings. The summed E-state index contributed by atoms with van der Waals surface area (Å²) in [6.07, 6.45) is -24.5. The van der Waals surface area contributed by atoms with Crippen molar-refractivity contribution in [1.82, 2.24) is 0 Å². The molecule has 13 N–H and O–H groups in total. The summed E-state index contributed by atoms with van der Waals surface area (Å²) in [6.45, 7) is 15.8. The lowest BCUT2D eigenvalue weighted by Gasteiger charge is -2.71. The number of rotatable bonds is 11. The van der Waals surface area contributed by atoms with Gasteiger partial charge in [-0.15, -0.1) is 0 Å². The monoisotopic (exact) mass is 1160 g/mol. The maximum Gasteiger partial charge on any atom is 0.315 e. The van der Waals surface area contributed by atoms with E-state index < -0.39 is 173 Å². The molecule has 24 heteroatoms. The summed E-state index contributed by atoms with van der Waals surface area (Å²) in [7, 11) is 0. The first-order chi connectivity index (χ1) is 37.9. The van der Waals surface area contributed by atoms with Gasteiger partial charge in [0.1, 0.15) is 91.6 Å². The third kappa shape index (κ3) is 10.5. The fraction of sp³-hybridized carbons (Fsp3) is 0.947. The summed E-state index contributed by atoms with van der Waals surface area (Å²) in [5.74, 6) is -0.264. The van der Waals surface area contributed by atoms with Crippen LogP contribution in [-0.4, -0.2) is 240 Å². The number of hydrogen-bond acceptors (Lipinski definition) is 24. The van der Waals surface area contributed by atoms with Crippen molar-refractivity contribution in [3.63, 3.8) is 0 Å². The van der Waals surface area contributed by atoms with Crippen molar-refractivity contribution >= 4 is 5.97 Å². The first kappa shape index (κ1) is 62.4. The molecule has 10 aliphatic rings. The van der Waals surface area contributed by atoms with Crippen LogP contribution in [0.15, 0.2) is 11.6 Å². The Kier molecular flexibility index (Phi) is 17.6. The van der Waals surface area contributed by atoms with Crippen molar-refractivity contribution in [2.24, 2.45) is 50.2 Å². The summed E-state index contributed by atoms with van der Waals surface area (Å²) < 4.78 is 59.3. The maximum atomic E-state index is 15.4. The van der Waals surface area contributed by atoms with Crippen molar-refractivity contribution < 1.29 is 119 Å². The number of ether oxygens (including phenoxy) is 10. The van der Waals surface area contributed by atoms with Gasteiger partial charge in [-0.2, -0.15) is 0 Å². The van der Waals surface area contributed by atoms with Crippen molar-refractivity contribution in [3.05, 3.63) is 11.6 Å². The molecule has 0 aromatic rings. The van der Waals surface area contributed by atoms with Crippen LogP contribution < -0.4 is 0 Å². The fourth-order valence-corrected chi connectivity index (χ4v) is 17.1. The van der Waals surface area contributed by atoms with Gasteiger partial charge in [-0.05, 0) is 116 Å². The lowest BCUT2D eigenvalue weighted by molar-refractivity contribution is -0.375. The minimum absolute atomic E-state index is 0.125. The molecule has 3 unspecified atom stereocenters. The molecule has 0 aromatic carbocycles. The third-order valence-electron chi connectivity index (χ3n) is 22.3. The molecule has 24 nitrogen and oxygen atoms in total. The molecule has 464 valence electrons. The molecule has 30 atom stereocenters. The van der Waals surface area contributed by atoms with E-state index in [0.717, 1.165) is 32.1 Å². The molecule has 5 aliphatic carbocycles. The molecule has 0 bridgehead atoms. The van der Waals surface area contributed by atoms with Gasteiger partial charge in [0, 0.05) is 0 Å². The van der Waals surface area contributed by atoms with E-state index in [1.807, 2.05) is 0 Å². The quantitative estimate of drug-likeness (QED) is 0.0652. The number of aliphatic hydroxyl groups excluding tert-OH is 13. The van der Waals surface area contributed by atoms with Crippen molar-refractivity contribution in [3.8, 4) is 0 Å². The highest BCUT2D eigenvalue weighted by Crippen LogP contribution is 2.76. The highest BCUT2D eigenvalue weighted by Gasteiger charge is 2.70. The Morgan fingerprint density at radius 1 is 0.556 bits per heavy atom. The molecule has 5 saturated heterocycles. The van der Waals surface area contributed by atoms with Crippen molar-refractivity contribution in [2.75, 3.05) is 26.4 Å². The second-order valence-corrected chi connectivity index (χ2v) is 27.7. The van der Waals surface area contributed by atoms with Crippen LogP contribution in [0.3, 0.4) is 0 Å². The lowest BCUT2D eigenvalue weighted by Crippen LogP contribution is -2.66. The van der Waals surface area contributed by atoms with Crippen molar-refractivity contribution in [1.29, 1.82) is 0 Å². The van der Waals surface area contributed by atoms with E-state index in [1.165, 1.54) is 12.5 Å². The topological polar surface area (TPSA) is 372 Å². The Morgan fingerprint density at radius 2 is 1.14 bits per heavy atom. The third-order valence-corrected chi connectivity index (χ3v) is 22.3. The van der Waals surface area contributed by atoms with Gasteiger partial charge in [0.05, 0.1) is 44.1 Å². The number of hydrogen-bond donors (Lipinski definition) is 13. The van der Waals surface area contributed by atoms with E-state index in [2.05, 4.69) is 54.5 Å². The molecule has 0 spiro atoms.